The minimum Gasteiger partial charge on any atom is -0.481 e. The number of carboxylic acid groups (broad SMARTS) is 1. The number of carbonyl (C=O) groups is 1. The van der Waals surface area contributed by atoms with Gasteiger partial charge in [-0.2, -0.15) is 0 Å². The van der Waals surface area contributed by atoms with E-state index in [9.17, 15) is 4.79 Å². The van der Waals surface area contributed by atoms with Gasteiger partial charge in [-0.15, -0.1) is 0 Å². The van der Waals surface area contributed by atoms with Crippen molar-refractivity contribution in [2.45, 2.75) is 43.7 Å². The molecule has 2 aliphatic rings. The number of hydrogen-bond acceptors (Lipinski definition) is 4. The molecule has 2 rings (SSSR count). The Morgan fingerprint density at radius 3 is 3.00 bits per heavy atom. The summed E-state index contributed by atoms with van der Waals surface area (Å²) in [6.45, 7) is 2.13. The van der Waals surface area contributed by atoms with Crippen LogP contribution >= 0.6 is 0 Å². The molecule has 0 spiro atoms. The van der Waals surface area contributed by atoms with Gasteiger partial charge in [-0.1, -0.05) is 6.42 Å². The Hall–Kier alpha value is -0.650. The van der Waals surface area contributed by atoms with E-state index in [0.717, 1.165) is 45.3 Å². The molecule has 5 heteroatoms. The number of aliphatic carboxylic acids is 1. The molecule has 2 fully saturated rings. The molecule has 0 aromatic carbocycles. The fourth-order valence-electron chi connectivity index (χ4n) is 2.89. The van der Waals surface area contributed by atoms with Gasteiger partial charge in [0.2, 0.25) is 0 Å². The fraction of sp³-hybridized carbons (Fsp3) is 0.923. The molecule has 1 aliphatic carbocycles. The van der Waals surface area contributed by atoms with E-state index in [4.69, 9.17) is 14.6 Å². The number of hydrogen-bond donors (Lipinski definition) is 2. The molecule has 1 heterocycles. The van der Waals surface area contributed by atoms with Gasteiger partial charge in [0.1, 0.15) is 5.60 Å². The Morgan fingerprint density at radius 1 is 1.56 bits per heavy atom. The molecule has 3 unspecified atom stereocenters. The Morgan fingerprint density at radius 2 is 2.39 bits per heavy atom. The minimum absolute atomic E-state index is 0.186. The smallest absolute Gasteiger partial charge is 0.306 e. The second kappa shape index (κ2) is 5.99. The number of nitrogens with one attached hydrogen (secondary N) is 1. The van der Waals surface area contributed by atoms with Gasteiger partial charge in [-0.05, 0) is 19.3 Å². The average molecular weight is 257 g/mol. The van der Waals surface area contributed by atoms with Crippen molar-refractivity contribution in [2.24, 2.45) is 5.92 Å². The van der Waals surface area contributed by atoms with Crippen molar-refractivity contribution in [1.29, 1.82) is 0 Å². The van der Waals surface area contributed by atoms with Crippen molar-refractivity contribution in [1.82, 2.24) is 5.32 Å². The van der Waals surface area contributed by atoms with Crippen LogP contribution in [0.3, 0.4) is 0 Å². The predicted molar refractivity (Wildman–Crippen MR) is 66.6 cm³/mol. The summed E-state index contributed by atoms with van der Waals surface area (Å²) in [5.74, 6) is -0.846. The van der Waals surface area contributed by atoms with Crippen LogP contribution in [0.1, 0.15) is 32.1 Å². The number of carboxylic acids is 1. The van der Waals surface area contributed by atoms with E-state index < -0.39 is 5.97 Å². The molecule has 0 amide bonds. The maximum atomic E-state index is 11.0. The zero-order chi connectivity index (χ0) is 13.0. The van der Waals surface area contributed by atoms with Gasteiger partial charge in [0.15, 0.2) is 0 Å². The van der Waals surface area contributed by atoms with E-state index in [1.165, 1.54) is 0 Å². The zero-order valence-electron chi connectivity index (χ0n) is 11.0. The molecule has 0 aromatic rings. The van der Waals surface area contributed by atoms with E-state index in [1.54, 1.807) is 7.11 Å². The molecule has 2 N–H and O–H groups in total. The van der Waals surface area contributed by atoms with E-state index in [2.05, 4.69) is 5.32 Å². The van der Waals surface area contributed by atoms with Crippen LogP contribution in [0.4, 0.5) is 0 Å². The monoisotopic (exact) mass is 257 g/mol. The first kappa shape index (κ1) is 13.8. The predicted octanol–water partition coefficient (Wildman–Crippen LogP) is 1.02. The summed E-state index contributed by atoms with van der Waals surface area (Å²) in [7, 11) is 1.72. The number of rotatable bonds is 5. The maximum Gasteiger partial charge on any atom is 0.306 e. The molecule has 1 saturated carbocycles. The van der Waals surface area contributed by atoms with Crippen LogP contribution in [0.5, 0.6) is 0 Å². The summed E-state index contributed by atoms with van der Waals surface area (Å²) >= 11 is 0. The summed E-state index contributed by atoms with van der Waals surface area (Å²) in [6.07, 6.45) is 4.50. The van der Waals surface area contributed by atoms with Crippen LogP contribution in [-0.4, -0.2) is 49.6 Å². The highest BCUT2D eigenvalue weighted by atomic mass is 16.5. The molecule has 104 valence electrons. The largest absolute Gasteiger partial charge is 0.481 e. The lowest BCUT2D eigenvalue weighted by molar-refractivity contribution is -0.143. The highest BCUT2D eigenvalue weighted by molar-refractivity contribution is 5.70. The Kier molecular flexibility index (Phi) is 4.59. The first-order chi connectivity index (χ1) is 8.65. The molecule has 1 aliphatic heterocycles. The van der Waals surface area contributed by atoms with Crippen LogP contribution in [-0.2, 0) is 14.3 Å². The van der Waals surface area contributed by atoms with Crippen molar-refractivity contribution in [3.8, 4) is 0 Å². The van der Waals surface area contributed by atoms with Crippen LogP contribution in [0, 0.1) is 5.92 Å². The molecule has 18 heavy (non-hydrogen) atoms. The third kappa shape index (κ3) is 3.22. The van der Waals surface area contributed by atoms with Gasteiger partial charge >= 0.3 is 5.97 Å². The molecule has 0 bridgehead atoms. The van der Waals surface area contributed by atoms with Crippen LogP contribution in [0.15, 0.2) is 0 Å². The first-order valence-corrected chi connectivity index (χ1v) is 6.74. The van der Waals surface area contributed by atoms with E-state index >= 15 is 0 Å². The SMILES string of the molecule is COC1(CNC2CCCC(C(=O)O)C2)CCOC1. The minimum atomic E-state index is -0.660. The normalized spacial score (nSPS) is 36.7. The second-order valence-electron chi connectivity index (χ2n) is 5.47. The third-order valence-corrected chi connectivity index (χ3v) is 4.24. The highest BCUT2D eigenvalue weighted by Crippen LogP contribution is 2.26. The van der Waals surface area contributed by atoms with E-state index in [0.29, 0.717) is 12.6 Å². The average Bonchev–Trinajstić information content (AvgIpc) is 2.86. The highest BCUT2D eigenvalue weighted by Gasteiger charge is 2.36. The Labute approximate surface area is 108 Å². The van der Waals surface area contributed by atoms with E-state index in [1.807, 2.05) is 0 Å². The van der Waals surface area contributed by atoms with Gasteiger partial charge in [-0.3, -0.25) is 4.79 Å². The fourth-order valence-corrected chi connectivity index (χ4v) is 2.89. The summed E-state index contributed by atoms with van der Waals surface area (Å²) < 4.78 is 11.0. The first-order valence-electron chi connectivity index (χ1n) is 6.74. The van der Waals surface area contributed by atoms with Crippen molar-refractivity contribution in [3.63, 3.8) is 0 Å². The number of ether oxygens (including phenoxy) is 2. The van der Waals surface area contributed by atoms with Crippen molar-refractivity contribution in [3.05, 3.63) is 0 Å². The van der Waals surface area contributed by atoms with Gasteiger partial charge in [0.05, 0.1) is 12.5 Å². The summed E-state index contributed by atoms with van der Waals surface area (Å²) in [4.78, 5) is 11.0. The molecule has 0 aromatic heterocycles. The van der Waals surface area contributed by atoms with E-state index in [-0.39, 0.29) is 11.5 Å². The lowest BCUT2D eigenvalue weighted by Crippen LogP contribution is -2.48. The van der Waals surface area contributed by atoms with Crippen molar-refractivity contribution in [2.75, 3.05) is 26.9 Å². The van der Waals surface area contributed by atoms with Gasteiger partial charge in [0.25, 0.3) is 0 Å². The molecular formula is C13H23NO4. The van der Waals surface area contributed by atoms with Gasteiger partial charge < -0.3 is 19.9 Å². The molecular weight excluding hydrogens is 234 g/mol. The summed E-state index contributed by atoms with van der Waals surface area (Å²) in [5.41, 5.74) is -0.212. The van der Waals surface area contributed by atoms with Crippen LogP contribution in [0.25, 0.3) is 0 Å². The van der Waals surface area contributed by atoms with Crippen LogP contribution < -0.4 is 5.32 Å². The van der Waals surface area contributed by atoms with Gasteiger partial charge in [-0.25, -0.2) is 0 Å². The third-order valence-electron chi connectivity index (χ3n) is 4.24. The maximum absolute atomic E-state index is 11.0. The second-order valence-corrected chi connectivity index (χ2v) is 5.47. The lowest BCUT2D eigenvalue weighted by atomic mass is 9.85. The topological polar surface area (TPSA) is 67.8 Å². The molecule has 1 saturated heterocycles. The lowest BCUT2D eigenvalue weighted by Gasteiger charge is -2.32. The van der Waals surface area contributed by atoms with Crippen molar-refractivity contribution >= 4 is 5.97 Å². The summed E-state index contributed by atoms with van der Waals surface area (Å²) in [6, 6.07) is 0.299. The molecule has 5 nitrogen and oxygen atoms in total. The van der Waals surface area contributed by atoms with Gasteiger partial charge in [0, 0.05) is 32.7 Å². The molecule has 0 radical (unpaired) electrons. The Bertz CT molecular complexity index is 289. The quantitative estimate of drug-likeness (QED) is 0.770. The van der Waals surface area contributed by atoms with Crippen LogP contribution in [0.2, 0.25) is 0 Å². The standard InChI is InChI=1S/C13H23NO4/c1-17-13(5-6-18-9-13)8-14-11-4-2-3-10(7-11)12(15)16/h10-11,14H,2-9H2,1H3,(H,15,16). The number of methoxy groups -OCH3 is 1. The van der Waals surface area contributed by atoms with Crippen molar-refractivity contribution < 1.29 is 19.4 Å². The Balaban J connectivity index is 1.80. The molecule has 3 atom stereocenters. The zero-order valence-corrected chi connectivity index (χ0v) is 11.0. The summed E-state index contributed by atoms with van der Waals surface area (Å²) in [5, 5.41) is 12.5.